The molecule has 2 atom stereocenters. The summed E-state index contributed by atoms with van der Waals surface area (Å²) >= 11 is 0. The number of hydrogen-bond acceptors (Lipinski definition) is 6. The molecule has 1 unspecified atom stereocenters. The van der Waals surface area contributed by atoms with Crippen LogP contribution in [0, 0.1) is 5.92 Å². The fourth-order valence-electron chi connectivity index (χ4n) is 4.45. The lowest BCUT2D eigenvalue weighted by molar-refractivity contribution is -0.129. The summed E-state index contributed by atoms with van der Waals surface area (Å²) in [5.41, 5.74) is 2.05. The Labute approximate surface area is 204 Å². The van der Waals surface area contributed by atoms with Gasteiger partial charge in [0, 0.05) is 44.4 Å². The number of hydrogen-bond donors (Lipinski definition) is 0. The van der Waals surface area contributed by atoms with Gasteiger partial charge in [0.15, 0.2) is 6.10 Å². The molecule has 1 aliphatic carbocycles. The van der Waals surface area contributed by atoms with E-state index in [1.54, 1.807) is 48.3 Å². The van der Waals surface area contributed by atoms with Gasteiger partial charge in [-0.3, -0.25) is 14.4 Å². The number of ether oxygens (including phenoxy) is 2. The molecule has 3 aliphatic rings. The van der Waals surface area contributed by atoms with Crippen molar-refractivity contribution in [1.29, 1.82) is 0 Å². The van der Waals surface area contributed by atoms with Crippen molar-refractivity contribution in [2.45, 2.75) is 38.3 Å². The van der Waals surface area contributed by atoms with E-state index in [9.17, 15) is 14.4 Å². The summed E-state index contributed by atoms with van der Waals surface area (Å²) < 4.78 is 11.6. The van der Waals surface area contributed by atoms with Crippen LogP contribution in [0.2, 0.25) is 0 Å². The number of carbonyl (C=O) groups excluding carboxylic acids is 3. The van der Waals surface area contributed by atoms with Crippen molar-refractivity contribution in [2.75, 3.05) is 38.7 Å². The number of likely N-dealkylation sites (N-methyl/N-ethyl adjacent to an activating group) is 1. The van der Waals surface area contributed by atoms with Crippen LogP contribution in [0.25, 0.3) is 0 Å². The van der Waals surface area contributed by atoms with Crippen molar-refractivity contribution in [3.63, 3.8) is 0 Å². The van der Waals surface area contributed by atoms with Gasteiger partial charge in [-0.2, -0.15) is 0 Å². The number of fused-ring (bicyclic) bond motifs is 1. The standard InChI is InChI=1S/C26H30N4O5/c1-16-20-8-6-18(12-21(20)25(32)30(16)14-24(31)28(2)3)29-11-10-22(26(29)33)35-19-7-9-23(27-13-19)34-15-17-4-5-17/h6-9,12-13,16-17,22H,4-5,10-11,14-15H2,1-3H3/t16?,22-/m1/s1. The summed E-state index contributed by atoms with van der Waals surface area (Å²) in [6.07, 6.45) is 3.92. The number of anilines is 1. The van der Waals surface area contributed by atoms with Crippen LogP contribution in [-0.2, 0) is 9.59 Å². The van der Waals surface area contributed by atoms with Gasteiger partial charge in [0.25, 0.3) is 11.8 Å². The Bertz CT molecular complexity index is 1140. The minimum absolute atomic E-state index is 0.0218. The Hall–Kier alpha value is -3.62. The summed E-state index contributed by atoms with van der Waals surface area (Å²) in [5.74, 6) is 1.24. The lowest BCUT2D eigenvalue weighted by atomic mass is 10.0. The highest BCUT2D eigenvalue weighted by Gasteiger charge is 2.38. The average molecular weight is 479 g/mol. The first-order chi connectivity index (χ1) is 16.8. The summed E-state index contributed by atoms with van der Waals surface area (Å²) in [7, 11) is 3.34. The van der Waals surface area contributed by atoms with Gasteiger partial charge in [-0.1, -0.05) is 6.07 Å². The molecule has 5 rings (SSSR count). The molecule has 0 bridgehead atoms. The molecule has 35 heavy (non-hydrogen) atoms. The van der Waals surface area contributed by atoms with Gasteiger partial charge in [0.2, 0.25) is 11.8 Å². The van der Waals surface area contributed by atoms with Crippen LogP contribution in [0.15, 0.2) is 36.5 Å². The predicted molar refractivity (Wildman–Crippen MR) is 128 cm³/mol. The third-order valence-corrected chi connectivity index (χ3v) is 6.87. The molecular weight excluding hydrogens is 448 g/mol. The largest absolute Gasteiger partial charge is 0.479 e. The number of nitrogens with zero attached hydrogens (tertiary/aromatic N) is 4. The van der Waals surface area contributed by atoms with Gasteiger partial charge in [0.1, 0.15) is 12.3 Å². The van der Waals surface area contributed by atoms with Crippen molar-refractivity contribution in [3.8, 4) is 11.6 Å². The molecule has 0 radical (unpaired) electrons. The second kappa shape index (κ2) is 9.20. The zero-order chi connectivity index (χ0) is 24.7. The van der Waals surface area contributed by atoms with Gasteiger partial charge in [-0.15, -0.1) is 0 Å². The normalized spacial score (nSPS) is 21.3. The molecule has 3 amide bonds. The van der Waals surface area contributed by atoms with Crippen molar-refractivity contribution in [2.24, 2.45) is 5.92 Å². The van der Waals surface area contributed by atoms with Gasteiger partial charge in [0.05, 0.1) is 18.8 Å². The Kier molecular flexibility index (Phi) is 6.08. The Balaban J connectivity index is 1.24. The first kappa shape index (κ1) is 23.1. The molecule has 1 aromatic carbocycles. The fourth-order valence-corrected chi connectivity index (χ4v) is 4.45. The average Bonchev–Trinajstić information content (AvgIpc) is 3.58. The van der Waals surface area contributed by atoms with Gasteiger partial charge >= 0.3 is 0 Å². The van der Waals surface area contributed by atoms with Crippen LogP contribution in [-0.4, -0.2) is 72.4 Å². The third-order valence-electron chi connectivity index (χ3n) is 6.87. The molecule has 3 heterocycles. The lowest BCUT2D eigenvalue weighted by Crippen LogP contribution is -2.38. The molecule has 2 aromatic rings. The van der Waals surface area contributed by atoms with Crippen molar-refractivity contribution < 1.29 is 23.9 Å². The smallest absolute Gasteiger partial charge is 0.268 e. The maximum absolute atomic E-state index is 13.1. The molecule has 1 saturated heterocycles. The first-order valence-corrected chi connectivity index (χ1v) is 12.0. The monoisotopic (exact) mass is 478 g/mol. The summed E-state index contributed by atoms with van der Waals surface area (Å²) in [6.45, 7) is 3.11. The highest BCUT2D eigenvalue weighted by atomic mass is 16.5. The molecular formula is C26H30N4O5. The molecule has 184 valence electrons. The summed E-state index contributed by atoms with van der Waals surface area (Å²) in [6, 6.07) is 8.80. The van der Waals surface area contributed by atoms with Crippen LogP contribution in [0.3, 0.4) is 0 Å². The maximum Gasteiger partial charge on any atom is 0.268 e. The van der Waals surface area contributed by atoms with E-state index < -0.39 is 6.10 Å². The second-order valence-electron chi connectivity index (χ2n) is 9.64. The van der Waals surface area contributed by atoms with E-state index in [0.29, 0.717) is 48.4 Å². The number of aromatic nitrogens is 1. The zero-order valence-electron chi connectivity index (χ0n) is 20.3. The van der Waals surface area contributed by atoms with Crippen molar-refractivity contribution in [1.82, 2.24) is 14.8 Å². The molecule has 0 spiro atoms. The molecule has 0 N–H and O–H groups in total. The number of benzene rings is 1. The van der Waals surface area contributed by atoms with Crippen LogP contribution in [0.1, 0.15) is 48.1 Å². The van der Waals surface area contributed by atoms with Gasteiger partial charge in [-0.05, 0) is 49.4 Å². The van der Waals surface area contributed by atoms with E-state index in [2.05, 4.69) is 4.98 Å². The quantitative estimate of drug-likeness (QED) is 0.579. The van der Waals surface area contributed by atoms with Crippen LogP contribution < -0.4 is 14.4 Å². The number of pyridine rings is 1. The van der Waals surface area contributed by atoms with Crippen molar-refractivity contribution >= 4 is 23.4 Å². The summed E-state index contributed by atoms with van der Waals surface area (Å²) in [5, 5.41) is 0. The highest BCUT2D eigenvalue weighted by Crippen LogP contribution is 2.36. The molecule has 2 fully saturated rings. The zero-order valence-corrected chi connectivity index (χ0v) is 20.3. The molecule has 2 aliphatic heterocycles. The van der Waals surface area contributed by atoms with E-state index in [1.807, 2.05) is 19.1 Å². The topological polar surface area (TPSA) is 92.3 Å². The Morgan fingerprint density at radius 2 is 1.94 bits per heavy atom. The van der Waals surface area contributed by atoms with E-state index >= 15 is 0 Å². The summed E-state index contributed by atoms with van der Waals surface area (Å²) in [4.78, 5) is 47.3. The van der Waals surface area contributed by atoms with Crippen LogP contribution in [0.4, 0.5) is 5.69 Å². The molecule has 9 heteroatoms. The molecule has 1 aromatic heterocycles. The predicted octanol–water partition coefficient (Wildman–Crippen LogP) is 2.66. The molecule has 1 saturated carbocycles. The second-order valence-corrected chi connectivity index (χ2v) is 9.64. The SMILES string of the molecule is CC1c2ccc(N3CC[C@@H](Oc4ccc(OCC5CC5)nc4)C3=O)cc2C(=O)N1CC(=O)N(C)C. The van der Waals surface area contributed by atoms with Crippen LogP contribution in [0.5, 0.6) is 11.6 Å². The van der Waals surface area contributed by atoms with Crippen molar-refractivity contribution in [3.05, 3.63) is 47.7 Å². The first-order valence-electron chi connectivity index (χ1n) is 12.0. The van der Waals surface area contributed by atoms with Gasteiger partial charge < -0.3 is 24.2 Å². The minimum Gasteiger partial charge on any atom is -0.479 e. The number of carbonyl (C=O) groups is 3. The third kappa shape index (κ3) is 4.67. The minimum atomic E-state index is -0.618. The number of rotatable bonds is 8. The Morgan fingerprint density at radius 1 is 1.14 bits per heavy atom. The van der Waals surface area contributed by atoms with E-state index in [0.717, 1.165) is 5.56 Å². The fraction of sp³-hybridized carbons (Fsp3) is 0.462. The van der Waals surface area contributed by atoms with E-state index in [4.69, 9.17) is 9.47 Å². The van der Waals surface area contributed by atoms with E-state index in [1.165, 1.54) is 17.7 Å². The number of amides is 3. The van der Waals surface area contributed by atoms with Gasteiger partial charge in [-0.25, -0.2) is 4.98 Å². The van der Waals surface area contributed by atoms with E-state index in [-0.39, 0.29) is 30.3 Å². The van der Waals surface area contributed by atoms with Crippen LogP contribution >= 0.6 is 0 Å². The Morgan fingerprint density at radius 3 is 2.63 bits per heavy atom. The molecule has 9 nitrogen and oxygen atoms in total. The lowest BCUT2D eigenvalue weighted by Gasteiger charge is -2.23. The maximum atomic E-state index is 13.1. The highest BCUT2D eigenvalue weighted by molar-refractivity contribution is 6.04.